The van der Waals surface area contributed by atoms with Crippen LogP contribution in [-0.2, 0) is 22.1 Å². The zero-order valence-corrected chi connectivity index (χ0v) is 24.7. The first kappa shape index (κ1) is 32.0. The molecule has 1 saturated heterocycles. The number of aliphatic hydroxyl groups is 2. The smallest absolute Gasteiger partial charge is 0.391 e. The van der Waals surface area contributed by atoms with Crippen LogP contribution in [0.15, 0.2) is 42.7 Å². The minimum atomic E-state index is -4.79. The third-order valence-corrected chi connectivity index (χ3v) is 7.85. The molecule has 1 aliphatic rings. The Balaban J connectivity index is 1.62. The summed E-state index contributed by atoms with van der Waals surface area (Å²) < 4.78 is 85.4. The van der Waals surface area contributed by atoms with Gasteiger partial charge < -0.3 is 19.7 Å². The maximum Gasteiger partial charge on any atom is 0.418 e. The van der Waals surface area contributed by atoms with Gasteiger partial charge in [0.05, 0.1) is 23.6 Å². The van der Waals surface area contributed by atoms with E-state index in [1.54, 1.807) is 6.92 Å². The van der Waals surface area contributed by atoms with Crippen LogP contribution in [0, 0.1) is 18.6 Å². The predicted octanol–water partition coefficient (Wildman–Crippen LogP) is 5.39. The Morgan fingerprint density at radius 3 is 2.52 bits per heavy atom. The van der Waals surface area contributed by atoms with E-state index in [-0.39, 0.29) is 39.8 Å². The fourth-order valence-corrected chi connectivity index (χ4v) is 5.68. The lowest BCUT2D eigenvalue weighted by molar-refractivity contribution is -0.230. The molecule has 0 radical (unpaired) electrons. The van der Waals surface area contributed by atoms with Gasteiger partial charge in [-0.2, -0.15) is 23.4 Å². The van der Waals surface area contributed by atoms with Gasteiger partial charge in [0.15, 0.2) is 17.5 Å². The topological polar surface area (TPSA) is 107 Å². The van der Waals surface area contributed by atoms with E-state index < -0.39 is 65.6 Å². The van der Waals surface area contributed by atoms with Gasteiger partial charge in [0, 0.05) is 29.5 Å². The van der Waals surface area contributed by atoms with E-state index in [9.17, 15) is 32.2 Å². The van der Waals surface area contributed by atoms with E-state index in [0.717, 1.165) is 22.9 Å². The Kier molecular flexibility index (Phi) is 8.84. The standard InChI is InChI=1S/C29H29ClF5N5O4/c1-5-15-6-8-18(22(32)21(15)31)16-11-36-39(12-16)23-24(42)27(44-25(13(2)41)26(23)43-4)28-37-14(3)38-40(28)20-10-17(30)7-9-19(20)29(33,34)35/h6-13,23-27,41-42H,5H2,1-4H3/t13?,23?,24?,25?,26-,27-/m1/s1. The van der Waals surface area contributed by atoms with Crippen LogP contribution in [0.25, 0.3) is 16.8 Å². The van der Waals surface area contributed by atoms with Crippen LogP contribution >= 0.6 is 11.6 Å². The molecule has 2 N–H and O–H groups in total. The maximum atomic E-state index is 15.0. The largest absolute Gasteiger partial charge is 0.418 e. The summed E-state index contributed by atoms with van der Waals surface area (Å²) in [5.41, 5.74) is -1.19. The van der Waals surface area contributed by atoms with Gasteiger partial charge in [-0.15, -0.1) is 0 Å². The molecule has 5 rings (SSSR count). The minimum absolute atomic E-state index is 0.00361. The number of alkyl halides is 3. The normalized spacial score (nSPS) is 23.2. The fourth-order valence-electron chi connectivity index (χ4n) is 5.52. The molecule has 2 aromatic carbocycles. The number of benzene rings is 2. The van der Waals surface area contributed by atoms with E-state index in [4.69, 9.17) is 21.1 Å². The Bertz CT molecular complexity index is 1660. The third-order valence-electron chi connectivity index (χ3n) is 7.62. The molecular weight excluding hydrogens is 613 g/mol. The van der Waals surface area contributed by atoms with Gasteiger partial charge in [-0.05, 0) is 44.0 Å². The monoisotopic (exact) mass is 641 g/mol. The maximum absolute atomic E-state index is 15.0. The summed E-state index contributed by atoms with van der Waals surface area (Å²) in [7, 11) is 1.32. The van der Waals surface area contributed by atoms with Crippen molar-refractivity contribution in [2.24, 2.45) is 0 Å². The van der Waals surface area contributed by atoms with Crippen molar-refractivity contribution in [2.45, 2.75) is 69.9 Å². The number of ether oxygens (including phenoxy) is 2. The molecule has 3 heterocycles. The number of aromatic nitrogens is 5. The van der Waals surface area contributed by atoms with Crippen molar-refractivity contribution >= 4 is 11.6 Å². The summed E-state index contributed by atoms with van der Waals surface area (Å²) in [6.07, 6.45) is -8.29. The lowest BCUT2D eigenvalue weighted by atomic mass is 9.89. The number of aliphatic hydroxyl groups excluding tert-OH is 2. The van der Waals surface area contributed by atoms with E-state index in [2.05, 4.69) is 15.2 Å². The van der Waals surface area contributed by atoms with Gasteiger partial charge in [0.25, 0.3) is 0 Å². The molecule has 0 bridgehead atoms. The van der Waals surface area contributed by atoms with E-state index in [1.165, 1.54) is 50.2 Å². The van der Waals surface area contributed by atoms with Crippen molar-refractivity contribution in [1.82, 2.24) is 24.5 Å². The van der Waals surface area contributed by atoms with E-state index in [0.29, 0.717) is 0 Å². The average Bonchev–Trinajstić information content (AvgIpc) is 3.60. The molecule has 44 heavy (non-hydrogen) atoms. The molecule has 2 aromatic heterocycles. The number of nitrogens with zero attached hydrogens (tertiary/aromatic N) is 5. The summed E-state index contributed by atoms with van der Waals surface area (Å²) in [6.45, 7) is 4.56. The lowest BCUT2D eigenvalue weighted by Crippen LogP contribution is -2.56. The van der Waals surface area contributed by atoms with E-state index >= 15 is 0 Å². The predicted molar refractivity (Wildman–Crippen MR) is 148 cm³/mol. The number of hydrogen-bond donors (Lipinski definition) is 2. The summed E-state index contributed by atoms with van der Waals surface area (Å²) in [5.74, 6) is -2.19. The number of methoxy groups -OCH3 is 1. The first-order valence-electron chi connectivity index (χ1n) is 13.6. The second kappa shape index (κ2) is 12.2. The average molecular weight is 642 g/mol. The second-order valence-electron chi connectivity index (χ2n) is 10.5. The molecule has 6 atom stereocenters. The second-order valence-corrected chi connectivity index (χ2v) is 10.9. The highest BCUT2D eigenvalue weighted by Crippen LogP contribution is 2.42. The highest BCUT2D eigenvalue weighted by Gasteiger charge is 2.51. The van der Waals surface area contributed by atoms with Gasteiger partial charge >= 0.3 is 6.18 Å². The molecule has 1 aliphatic heterocycles. The van der Waals surface area contributed by atoms with Crippen molar-refractivity contribution in [3.63, 3.8) is 0 Å². The Morgan fingerprint density at radius 1 is 1.16 bits per heavy atom. The number of halogens is 6. The van der Waals surface area contributed by atoms with Crippen LogP contribution in [0.2, 0.25) is 5.02 Å². The molecule has 236 valence electrons. The highest BCUT2D eigenvalue weighted by molar-refractivity contribution is 6.30. The quantitative estimate of drug-likeness (QED) is 0.261. The molecule has 0 spiro atoms. The molecular formula is C29H29ClF5N5O4. The molecule has 1 fully saturated rings. The van der Waals surface area contributed by atoms with Gasteiger partial charge in [-0.25, -0.2) is 18.4 Å². The van der Waals surface area contributed by atoms with Crippen LogP contribution in [0.1, 0.15) is 48.8 Å². The van der Waals surface area contributed by atoms with Crippen molar-refractivity contribution < 1.29 is 41.6 Å². The van der Waals surface area contributed by atoms with Crippen LogP contribution in [-0.4, -0.2) is 66.3 Å². The third kappa shape index (κ3) is 5.72. The minimum Gasteiger partial charge on any atom is -0.391 e. The zero-order chi connectivity index (χ0) is 32.1. The zero-order valence-electron chi connectivity index (χ0n) is 23.9. The number of rotatable bonds is 7. The van der Waals surface area contributed by atoms with Gasteiger partial charge in [0.2, 0.25) is 0 Å². The van der Waals surface area contributed by atoms with Crippen molar-refractivity contribution in [1.29, 1.82) is 0 Å². The lowest BCUT2D eigenvalue weighted by Gasteiger charge is -2.45. The van der Waals surface area contributed by atoms with Crippen LogP contribution in [0.5, 0.6) is 0 Å². The summed E-state index contributed by atoms with van der Waals surface area (Å²) >= 11 is 6.07. The SMILES string of the molecule is CCc1ccc(-c2cnn(C3C(O)[C@H](c4nc(C)nn4-c4cc(Cl)ccc4C(F)(F)F)OC(C(C)O)[C@@H]3OC)c2)c(F)c1F. The number of hydrogen-bond acceptors (Lipinski definition) is 7. The summed E-state index contributed by atoms with van der Waals surface area (Å²) in [5, 5.41) is 30.8. The first-order chi connectivity index (χ1) is 20.8. The Labute approximate surface area is 253 Å². The fraction of sp³-hybridized carbons (Fsp3) is 0.414. The summed E-state index contributed by atoms with van der Waals surface area (Å²) in [6, 6.07) is 4.71. The molecule has 15 heteroatoms. The van der Waals surface area contributed by atoms with E-state index in [1.807, 2.05) is 0 Å². The number of aryl methyl sites for hydroxylation is 2. The molecule has 9 nitrogen and oxygen atoms in total. The van der Waals surface area contributed by atoms with Crippen LogP contribution in [0.3, 0.4) is 0 Å². The Morgan fingerprint density at radius 2 is 1.89 bits per heavy atom. The molecule has 0 saturated carbocycles. The van der Waals surface area contributed by atoms with Gasteiger partial charge in [-0.3, -0.25) is 4.68 Å². The molecule has 4 unspecified atom stereocenters. The van der Waals surface area contributed by atoms with Crippen LogP contribution in [0.4, 0.5) is 22.0 Å². The molecule has 0 aliphatic carbocycles. The highest BCUT2D eigenvalue weighted by atomic mass is 35.5. The Hall–Kier alpha value is -3.43. The van der Waals surface area contributed by atoms with Gasteiger partial charge in [-0.1, -0.05) is 30.7 Å². The molecule has 0 amide bonds. The van der Waals surface area contributed by atoms with Crippen molar-refractivity contribution in [3.05, 3.63) is 82.2 Å². The van der Waals surface area contributed by atoms with Crippen molar-refractivity contribution in [3.8, 4) is 16.8 Å². The van der Waals surface area contributed by atoms with Crippen molar-refractivity contribution in [2.75, 3.05) is 7.11 Å². The van der Waals surface area contributed by atoms with Crippen LogP contribution < -0.4 is 0 Å². The van der Waals surface area contributed by atoms with Gasteiger partial charge in [0.1, 0.15) is 36.3 Å². The molecule has 4 aromatic rings. The first-order valence-corrected chi connectivity index (χ1v) is 14.0. The summed E-state index contributed by atoms with van der Waals surface area (Å²) in [4.78, 5) is 4.29.